The van der Waals surface area contributed by atoms with Crippen LogP contribution in [0.4, 0.5) is 34.1 Å². The predicted molar refractivity (Wildman–Crippen MR) is 262 cm³/mol. The molecule has 0 unspecified atom stereocenters. The minimum atomic E-state index is 0.840. The van der Waals surface area contributed by atoms with Gasteiger partial charge in [0, 0.05) is 34.1 Å². The van der Waals surface area contributed by atoms with Crippen molar-refractivity contribution in [2.24, 2.45) is 0 Å². The molecule has 0 aliphatic heterocycles. The second kappa shape index (κ2) is 17.3. The Bertz CT molecular complexity index is 2940. The first-order chi connectivity index (χ1) is 29.8. The second-order valence-corrected chi connectivity index (χ2v) is 15.8. The van der Waals surface area contributed by atoms with E-state index in [9.17, 15) is 0 Å². The molecule has 61 heavy (non-hydrogen) atoms. The SMILES string of the molecule is COc1ccc(N(c2ccc(C)cc2)c2ccc(/C=C\c3ccc4cc5cc(/C=C\c6ccc(N(c7ccc(C)cc7)c7ccc(C)cc7)cc6)ccc5cc4c3)cc2)cc1. The standard InChI is InChI=1S/C58H48N2O/c1-41-5-23-52(24-6-41)59(53-25-7-42(2)8-26-53)55-29-17-44(18-30-55)11-13-46-15-21-48-40-51-38-47(16-22-49(51)39-50(48)37-46)14-12-45-19-31-56(32-20-45)60(54-27-9-43(3)10-28-54)57-33-35-58(61-4)36-34-57/h5-40H,1-4H3/b13-11-,14-12-. The maximum Gasteiger partial charge on any atom is 0.119 e. The van der Waals surface area contributed by atoms with Gasteiger partial charge < -0.3 is 14.5 Å². The molecule has 9 aromatic rings. The first kappa shape index (κ1) is 38.9. The number of rotatable bonds is 11. The van der Waals surface area contributed by atoms with Crippen molar-refractivity contribution >= 4 is 80.0 Å². The molecule has 0 heterocycles. The zero-order chi connectivity index (χ0) is 41.7. The molecule has 0 spiro atoms. The van der Waals surface area contributed by atoms with Gasteiger partial charge in [-0.25, -0.2) is 0 Å². The third-order valence-electron chi connectivity index (χ3n) is 11.3. The van der Waals surface area contributed by atoms with Crippen LogP contribution in [0.3, 0.4) is 0 Å². The Morgan fingerprint density at radius 3 is 0.902 bits per heavy atom. The summed E-state index contributed by atoms with van der Waals surface area (Å²) >= 11 is 0. The second-order valence-electron chi connectivity index (χ2n) is 15.8. The topological polar surface area (TPSA) is 15.7 Å². The number of nitrogens with zero attached hydrogens (tertiary/aromatic N) is 2. The third-order valence-corrected chi connectivity index (χ3v) is 11.3. The fourth-order valence-electron chi connectivity index (χ4n) is 7.80. The summed E-state index contributed by atoms with van der Waals surface area (Å²) in [7, 11) is 1.70. The Balaban J connectivity index is 0.901. The molecule has 9 aromatic carbocycles. The quantitative estimate of drug-likeness (QED) is 0.0959. The van der Waals surface area contributed by atoms with E-state index in [-0.39, 0.29) is 0 Å². The highest BCUT2D eigenvalue weighted by molar-refractivity contribution is 6.00. The monoisotopic (exact) mass is 788 g/mol. The molecule has 0 aromatic heterocycles. The Kier molecular flexibility index (Phi) is 11.0. The highest BCUT2D eigenvalue weighted by Gasteiger charge is 2.14. The van der Waals surface area contributed by atoms with E-state index in [2.05, 4.69) is 237 Å². The average molecular weight is 789 g/mol. The highest BCUT2D eigenvalue weighted by atomic mass is 16.5. The van der Waals surface area contributed by atoms with Gasteiger partial charge in [-0.3, -0.25) is 0 Å². The van der Waals surface area contributed by atoms with E-state index in [0.29, 0.717) is 0 Å². The Morgan fingerprint density at radius 2 is 0.574 bits per heavy atom. The van der Waals surface area contributed by atoms with Crippen molar-refractivity contribution in [2.45, 2.75) is 20.8 Å². The predicted octanol–water partition coefficient (Wildman–Crippen LogP) is 16.2. The van der Waals surface area contributed by atoms with Crippen LogP contribution in [0.1, 0.15) is 38.9 Å². The van der Waals surface area contributed by atoms with Crippen molar-refractivity contribution in [1.82, 2.24) is 0 Å². The number of hydrogen-bond acceptors (Lipinski definition) is 3. The fourth-order valence-corrected chi connectivity index (χ4v) is 7.80. The van der Waals surface area contributed by atoms with Crippen molar-refractivity contribution in [1.29, 1.82) is 0 Å². The molecule has 0 aliphatic rings. The van der Waals surface area contributed by atoms with Crippen LogP contribution in [-0.2, 0) is 0 Å². The van der Waals surface area contributed by atoms with Crippen LogP contribution < -0.4 is 14.5 Å². The minimum Gasteiger partial charge on any atom is -0.497 e. The van der Waals surface area contributed by atoms with E-state index in [1.807, 2.05) is 12.1 Å². The zero-order valence-corrected chi connectivity index (χ0v) is 35.1. The van der Waals surface area contributed by atoms with Gasteiger partial charge in [0.1, 0.15) is 5.75 Å². The van der Waals surface area contributed by atoms with Crippen LogP contribution >= 0.6 is 0 Å². The van der Waals surface area contributed by atoms with Gasteiger partial charge >= 0.3 is 0 Å². The summed E-state index contributed by atoms with van der Waals surface area (Å²) in [5.41, 5.74) is 15.1. The lowest BCUT2D eigenvalue weighted by Gasteiger charge is -2.26. The van der Waals surface area contributed by atoms with E-state index in [1.54, 1.807) is 7.11 Å². The first-order valence-electron chi connectivity index (χ1n) is 20.8. The van der Waals surface area contributed by atoms with Crippen molar-refractivity contribution in [3.8, 4) is 5.75 Å². The molecule has 0 atom stereocenters. The maximum absolute atomic E-state index is 5.42. The Morgan fingerprint density at radius 1 is 0.295 bits per heavy atom. The van der Waals surface area contributed by atoms with Gasteiger partial charge in [-0.15, -0.1) is 0 Å². The molecule has 0 radical (unpaired) electrons. The molecule has 0 aliphatic carbocycles. The van der Waals surface area contributed by atoms with E-state index in [1.165, 1.54) is 49.4 Å². The highest BCUT2D eigenvalue weighted by Crippen LogP contribution is 2.37. The van der Waals surface area contributed by atoms with Crippen molar-refractivity contribution in [3.05, 3.63) is 233 Å². The van der Waals surface area contributed by atoms with Crippen molar-refractivity contribution in [2.75, 3.05) is 16.9 Å². The Hall–Kier alpha value is -7.62. The average Bonchev–Trinajstić information content (AvgIpc) is 3.30. The van der Waals surface area contributed by atoms with Crippen LogP contribution in [0.5, 0.6) is 5.75 Å². The summed E-state index contributed by atoms with van der Waals surface area (Å²) in [5, 5.41) is 4.92. The van der Waals surface area contributed by atoms with Gasteiger partial charge in [0.15, 0.2) is 0 Å². The summed E-state index contributed by atoms with van der Waals surface area (Å²) in [5.74, 6) is 0.840. The molecule has 0 bridgehead atoms. The molecular formula is C58H48N2O. The number of fused-ring (bicyclic) bond motifs is 2. The number of hydrogen-bond donors (Lipinski definition) is 0. The van der Waals surface area contributed by atoms with Crippen molar-refractivity contribution in [3.63, 3.8) is 0 Å². The molecule has 0 saturated heterocycles. The largest absolute Gasteiger partial charge is 0.497 e. The summed E-state index contributed by atoms with van der Waals surface area (Å²) in [6.45, 7) is 6.37. The molecule has 9 rings (SSSR count). The van der Waals surface area contributed by atoms with Crippen LogP contribution in [-0.4, -0.2) is 7.11 Å². The zero-order valence-electron chi connectivity index (χ0n) is 35.1. The van der Waals surface area contributed by atoms with Gasteiger partial charge in [0.05, 0.1) is 7.11 Å². The van der Waals surface area contributed by atoms with Gasteiger partial charge in [-0.2, -0.15) is 0 Å². The molecule has 0 amide bonds. The maximum atomic E-state index is 5.42. The molecule has 0 saturated carbocycles. The summed E-state index contributed by atoms with van der Waals surface area (Å²) < 4.78 is 5.42. The van der Waals surface area contributed by atoms with Crippen LogP contribution in [0.2, 0.25) is 0 Å². The van der Waals surface area contributed by atoms with Crippen molar-refractivity contribution < 1.29 is 4.74 Å². The Labute approximate surface area is 359 Å². The molecule has 0 N–H and O–H groups in total. The van der Waals surface area contributed by atoms with Crippen LogP contribution in [0, 0.1) is 20.8 Å². The minimum absolute atomic E-state index is 0.840. The lowest BCUT2D eigenvalue weighted by atomic mass is 9.99. The number of methoxy groups -OCH3 is 1. The normalized spacial score (nSPS) is 11.5. The lowest BCUT2D eigenvalue weighted by molar-refractivity contribution is 0.415. The number of ether oxygens (including phenoxy) is 1. The lowest BCUT2D eigenvalue weighted by Crippen LogP contribution is -2.09. The third kappa shape index (κ3) is 8.88. The van der Waals surface area contributed by atoms with E-state index in [4.69, 9.17) is 4.74 Å². The molecule has 3 nitrogen and oxygen atoms in total. The number of benzene rings is 9. The molecule has 296 valence electrons. The number of aryl methyl sites for hydroxylation is 3. The summed E-state index contributed by atoms with van der Waals surface area (Å²) in [6.07, 6.45) is 8.78. The first-order valence-corrected chi connectivity index (χ1v) is 20.8. The van der Waals surface area contributed by atoms with Gasteiger partial charge in [-0.05, 0) is 174 Å². The summed E-state index contributed by atoms with van der Waals surface area (Å²) in [4.78, 5) is 4.58. The summed E-state index contributed by atoms with van der Waals surface area (Å²) in [6, 6.07) is 69.8. The fraction of sp³-hybridized carbons (Fsp3) is 0.0690. The van der Waals surface area contributed by atoms with E-state index < -0.39 is 0 Å². The molecule has 3 heteroatoms. The van der Waals surface area contributed by atoms with Gasteiger partial charge in [0.2, 0.25) is 0 Å². The van der Waals surface area contributed by atoms with Crippen LogP contribution in [0.25, 0.3) is 45.8 Å². The smallest absolute Gasteiger partial charge is 0.119 e. The van der Waals surface area contributed by atoms with Gasteiger partial charge in [-0.1, -0.05) is 126 Å². The molecule has 0 fully saturated rings. The van der Waals surface area contributed by atoms with Gasteiger partial charge in [0.25, 0.3) is 0 Å². The number of anilines is 6. The molecular weight excluding hydrogens is 741 g/mol. The van der Waals surface area contributed by atoms with E-state index >= 15 is 0 Å². The van der Waals surface area contributed by atoms with Crippen LogP contribution in [0.15, 0.2) is 194 Å². The van der Waals surface area contributed by atoms with E-state index in [0.717, 1.165) is 51.0 Å².